The topological polar surface area (TPSA) is 64.4 Å². The number of hydrogen-bond donors (Lipinski definition) is 2. The molecule has 2 rings (SSSR count). The maximum Gasteiger partial charge on any atom is 0.220 e. The Morgan fingerprint density at radius 1 is 1.56 bits per heavy atom. The van der Waals surface area contributed by atoms with Crippen molar-refractivity contribution in [3.8, 4) is 5.75 Å². The smallest absolute Gasteiger partial charge is 0.220 e. The van der Waals surface area contributed by atoms with Gasteiger partial charge in [0.1, 0.15) is 12.4 Å². The van der Waals surface area contributed by atoms with Gasteiger partial charge in [-0.1, -0.05) is 18.2 Å². The zero-order valence-electron chi connectivity index (χ0n) is 10.7. The van der Waals surface area contributed by atoms with Gasteiger partial charge in [0.15, 0.2) is 0 Å². The highest BCUT2D eigenvalue weighted by atomic mass is 16.5. The predicted molar refractivity (Wildman–Crippen MR) is 70.5 cm³/mol. The number of carbonyl (C=O) groups is 1. The fraction of sp³-hybridized carbons (Fsp3) is 0.500. The molecular weight excluding hydrogens is 228 g/mol. The van der Waals surface area contributed by atoms with Gasteiger partial charge < -0.3 is 15.8 Å². The lowest BCUT2D eigenvalue weighted by Crippen LogP contribution is -2.42. The molecule has 98 valence electrons. The van der Waals surface area contributed by atoms with Gasteiger partial charge in [0.2, 0.25) is 5.91 Å². The Morgan fingerprint density at radius 3 is 3.11 bits per heavy atom. The number of nitrogens with two attached hydrogens (primary N) is 1. The molecule has 4 nitrogen and oxygen atoms in total. The second kappa shape index (κ2) is 5.87. The number of carbonyl (C=O) groups excluding carboxylic acids is 1. The van der Waals surface area contributed by atoms with Gasteiger partial charge in [-0.05, 0) is 31.4 Å². The SMILES string of the molecule is CC(N)CCC(=O)NC1COc2ccccc2C1. The Labute approximate surface area is 108 Å². The van der Waals surface area contributed by atoms with Gasteiger partial charge in [0, 0.05) is 12.5 Å². The maximum absolute atomic E-state index is 11.7. The molecular formula is C14H20N2O2. The Kier molecular flexibility index (Phi) is 4.20. The average molecular weight is 248 g/mol. The van der Waals surface area contributed by atoms with Crippen molar-refractivity contribution in [3.63, 3.8) is 0 Å². The van der Waals surface area contributed by atoms with Crippen LogP contribution in [-0.2, 0) is 11.2 Å². The highest BCUT2D eigenvalue weighted by Gasteiger charge is 2.20. The van der Waals surface area contributed by atoms with Gasteiger partial charge in [-0.15, -0.1) is 0 Å². The van der Waals surface area contributed by atoms with Crippen molar-refractivity contribution < 1.29 is 9.53 Å². The van der Waals surface area contributed by atoms with E-state index >= 15 is 0 Å². The van der Waals surface area contributed by atoms with E-state index in [1.54, 1.807) is 0 Å². The molecule has 2 unspecified atom stereocenters. The summed E-state index contributed by atoms with van der Waals surface area (Å²) in [4.78, 5) is 11.7. The minimum Gasteiger partial charge on any atom is -0.491 e. The third-order valence-electron chi connectivity index (χ3n) is 3.07. The molecule has 0 aliphatic carbocycles. The summed E-state index contributed by atoms with van der Waals surface area (Å²) in [7, 11) is 0. The second-order valence-corrected chi connectivity index (χ2v) is 4.90. The van der Waals surface area contributed by atoms with E-state index in [0.717, 1.165) is 24.2 Å². The number of rotatable bonds is 4. The molecule has 18 heavy (non-hydrogen) atoms. The Balaban J connectivity index is 1.84. The van der Waals surface area contributed by atoms with Crippen LogP contribution in [0.5, 0.6) is 5.75 Å². The third kappa shape index (κ3) is 3.47. The minimum absolute atomic E-state index is 0.0558. The van der Waals surface area contributed by atoms with Crippen LogP contribution >= 0.6 is 0 Å². The van der Waals surface area contributed by atoms with Crippen molar-refractivity contribution in [2.24, 2.45) is 5.73 Å². The average Bonchev–Trinajstić information content (AvgIpc) is 2.36. The van der Waals surface area contributed by atoms with Crippen LogP contribution in [-0.4, -0.2) is 24.6 Å². The first-order chi connectivity index (χ1) is 8.65. The summed E-state index contributed by atoms with van der Waals surface area (Å²) < 4.78 is 5.62. The number of fused-ring (bicyclic) bond motifs is 1. The summed E-state index contributed by atoms with van der Waals surface area (Å²) in [5.74, 6) is 0.985. The van der Waals surface area contributed by atoms with E-state index in [1.165, 1.54) is 0 Å². The number of benzene rings is 1. The molecule has 0 bridgehead atoms. The standard InChI is InChI=1S/C14H20N2O2/c1-10(15)6-7-14(17)16-12-8-11-4-2-3-5-13(11)18-9-12/h2-5,10,12H,6-9,15H2,1H3,(H,16,17). The van der Waals surface area contributed by atoms with E-state index in [4.69, 9.17) is 10.5 Å². The molecule has 4 heteroatoms. The van der Waals surface area contributed by atoms with Crippen molar-refractivity contribution in [1.29, 1.82) is 0 Å². The van der Waals surface area contributed by atoms with Gasteiger partial charge >= 0.3 is 0 Å². The monoisotopic (exact) mass is 248 g/mol. The summed E-state index contributed by atoms with van der Waals surface area (Å²) in [5, 5.41) is 3.00. The van der Waals surface area contributed by atoms with E-state index in [2.05, 4.69) is 5.32 Å². The summed E-state index contributed by atoms with van der Waals surface area (Å²) >= 11 is 0. The van der Waals surface area contributed by atoms with Crippen molar-refractivity contribution in [1.82, 2.24) is 5.32 Å². The molecule has 0 fully saturated rings. The quantitative estimate of drug-likeness (QED) is 0.842. The van der Waals surface area contributed by atoms with E-state index in [9.17, 15) is 4.79 Å². The fourth-order valence-electron chi connectivity index (χ4n) is 2.08. The van der Waals surface area contributed by atoms with Gasteiger partial charge in [0.05, 0.1) is 6.04 Å². The van der Waals surface area contributed by atoms with Crippen LogP contribution in [0.1, 0.15) is 25.3 Å². The van der Waals surface area contributed by atoms with E-state index in [0.29, 0.717) is 13.0 Å². The molecule has 0 spiro atoms. The lowest BCUT2D eigenvalue weighted by Gasteiger charge is -2.26. The lowest BCUT2D eigenvalue weighted by molar-refractivity contribution is -0.122. The van der Waals surface area contributed by atoms with Crippen molar-refractivity contribution in [2.45, 2.75) is 38.3 Å². The molecule has 1 aromatic rings. The van der Waals surface area contributed by atoms with Gasteiger partial charge in [0.25, 0.3) is 0 Å². The molecule has 3 N–H and O–H groups in total. The molecule has 1 aliphatic heterocycles. The zero-order valence-corrected chi connectivity index (χ0v) is 10.7. The lowest BCUT2D eigenvalue weighted by atomic mass is 10.0. The van der Waals surface area contributed by atoms with Crippen LogP contribution in [0.15, 0.2) is 24.3 Å². The highest BCUT2D eigenvalue weighted by molar-refractivity contribution is 5.76. The number of hydrogen-bond acceptors (Lipinski definition) is 3. The molecule has 0 saturated carbocycles. The molecule has 0 saturated heterocycles. The highest BCUT2D eigenvalue weighted by Crippen LogP contribution is 2.23. The zero-order chi connectivity index (χ0) is 13.0. The van der Waals surface area contributed by atoms with Gasteiger partial charge in [-0.25, -0.2) is 0 Å². The first kappa shape index (κ1) is 12.9. The molecule has 1 amide bonds. The van der Waals surface area contributed by atoms with Crippen molar-refractivity contribution in [2.75, 3.05) is 6.61 Å². The normalized spacial score (nSPS) is 19.6. The largest absolute Gasteiger partial charge is 0.491 e. The summed E-state index contributed by atoms with van der Waals surface area (Å²) in [6.07, 6.45) is 2.03. The van der Waals surface area contributed by atoms with Crippen LogP contribution in [0.4, 0.5) is 0 Å². The maximum atomic E-state index is 11.7. The first-order valence-corrected chi connectivity index (χ1v) is 6.41. The molecule has 1 aliphatic rings. The third-order valence-corrected chi connectivity index (χ3v) is 3.07. The van der Waals surface area contributed by atoms with E-state index in [1.807, 2.05) is 31.2 Å². The Hall–Kier alpha value is -1.55. The Morgan fingerprint density at radius 2 is 2.33 bits per heavy atom. The van der Waals surface area contributed by atoms with Gasteiger partial charge in [-0.2, -0.15) is 0 Å². The first-order valence-electron chi connectivity index (χ1n) is 6.41. The molecule has 0 radical (unpaired) electrons. The van der Waals surface area contributed by atoms with Gasteiger partial charge in [-0.3, -0.25) is 4.79 Å². The van der Waals surface area contributed by atoms with Crippen molar-refractivity contribution >= 4 is 5.91 Å². The molecule has 1 aromatic carbocycles. The van der Waals surface area contributed by atoms with Crippen LogP contribution in [0.25, 0.3) is 0 Å². The fourth-order valence-corrected chi connectivity index (χ4v) is 2.08. The van der Waals surface area contributed by atoms with E-state index < -0.39 is 0 Å². The second-order valence-electron chi connectivity index (χ2n) is 4.90. The summed E-state index contributed by atoms with van der Waals surface area (Å²) in [5.41, 5.74) is 6.79. The number of para-hydroxylation sites is 1. The number of nitrogens with one attached hydrogen (secondary N) is 1. The minimum atomic E-state index is 0.0558. The number of amides is 1. The van der Waals surface area contributed by atoms with Crippen LogP contribution in [0, 0.1) is 0 Å². The van der Waals surface area contributed by atoms with Crippen LogP contribution in [0.2, 0.25) is 0 Å². The van der Waals surface area contributed by atoms with Crippen LogP contribution in [0.3, 0.4) is 0 Å². The van der Waals surface area contributed by atoms with E-state index in [-0.39, 0.29) is 18.0 Å². The Bertz CT molecular complexity index is 418. The molecule has 2 atom stereocenters. The van der Waals surface area contributed by atoms with Crippen LogP contribution < -0.4 is 15.8 Å². The number of ether oxygens (including phenoxy) is 1. The molecule has 1 heterocycles. The molecule has 0 aromatic heterocycles. The summed E-state index contributed by atoms with van der Waals surface area (Å²) in [6.45, 7) is 2.45. The summed E-state index contributed by atoms with van der Waals surface area (Å²) in [6, 6.07) is 8.08. The predicted octanol–water partition coefficient (Wildman–Crippen LogP) is 1.23. The van der Waals surface area contributed by atoms with Crippen molar-refractivity contribution in [3.05, 3.63) is 29.8 Å².